The summed E-state index contributed by atoms with van der Waals surface area (Å²) < 4.78 is 12.9. The molecule has 0 spiro atoms. The lowest BCUT2D eigenvalue weighted by Crippen LogP contribution is -3.00. The van der Waals surface area contributed by atoms with Gasteiger partial charge in [0.25, 0.3) is 0 Å². The molecular formula is C14H10INO2. The predicted molar refractivity (Wildman–Crippen MR) is 63.2 cm³/mol. The highest BCUT2D eigenvalue weighted by atomic mass is 127. The molecule has 0 saturated carbocycles. The van der Waals surface area contributed by atoms with Crippen LogP contribution in [0.4, 0.5) is 0 Å². The molecule has 3 nitrogen and oxygen atoms in total. The fourth-order valence-corrected chi connectivity index (χ4v) is 2.29. The fourth-order valence-electron chi connectivity index (χ4n) is 2.29. The Morgan fingerprint density at radius 2 is 1.78 bits per heavy atom. The van der Waals surface area contributed by atoms with Gasteiger partial charge in [-0.25, -0.2) is 0 Å². The standard InChI is InChI=1S/C14H10NO2.HI/c1-2-5-15-6-4-10-7-13-14(17-9-16-13)8-11(10)12(15)3-1;/h1-8H,9H2;1H/q+1;/p-1. The van der Waals surface area contributed by atoms with Gasteiger partial charge in [0, 0.05) is 18.2 Å². The molecule has 3 heterocycles. The molecule has 0 unspecified atom stereocenters. The van der Waals surface area contributed by atoms with E-state index in [0.717, 1.165) is 11.5 Å². The van der Waals surface area contributed by atoms with E-state index in [0.29, 0.717) is 6.79 Å². The van der Waals surface area contributed by atoms with E-state index >= 15 is 0 Å². The van der Waals surface area contributed by atoms with Gasteiger partial charge >= 0.3 is 0 Å². The van der Waals surface area contributed by atoms with Crippen LogP contribution in [0.2, 0.25) is 0 Å². The van der Waals surface area contributed by atoms with Crippen LogP contribution in [0.15, 0.2) is 48.8 Å². The van der Waals surface area contributed by atoms with Crippen LogP contribution in [0.3, 0.4) is 0 Å². The summed E-state index contributed by atoms with van der Waals surface area (Å²) >= 11 is 0. The van der Waals surface area contributed by atoms with Crippen LogP contribution in [0.25, 0.3) is 16.3 Å². The molecule has 0 N–H and O–H groups in total. The molecule has 1 aliphatic rings. The van der Waals surface area contributed by atoms with Crippen LogP contribution >= 0.6 is 0 Å². The van der Waals surface area contributed by atoms with Gasteiger partial charge in [0.1, 0.15) is 0 Å². The molecular weight excluding hydrogens is 341 g/mol. The van der Waals surface area contributed by atoms with E-state index in [1.54, 1.807) is 0 Å². The second-order valence-corrected chi connectivity index (χ2v) is 4.10. The topological polar surface area (TPSA) is 22.6 Å². The molecule has 4 heteroatoms. The minimum absolute atomic E-state index is 0. The summed E-state index contributed by atoms with van der Waals surface area (Å²) in [4.78, 5) is 0. The number of pyridine rings is 2. The zero-order valence-electron chi connectivity index (χ0n) is 9.47. The van der Waals surface area contributed by atoms with Crippen molar-refractivity contribution in [3.05, 3.63) is 48.8 Å². The molecule has 4 rings (SSSR count). The first-order chi connectivity index (χ1) is 8.42. The Bertz CT molecular complexity index is 742. The van der Waals surface area contributed by atoms with Gasteiger partial charge in [0.2, 0.25) is 12.3 Å². The number of nitrogens with zero attached hydrogens (tertiary/aromatic N) is 1. The summed E-state index contributed by atoms with van der Waals surface area (Å²) in [6.07, 6.45) is 4.10. The maximum atomic E-state index is 5.42. The van der Waals surface area contributed by atoms with E-state index in [1.165, 1.54) is 16.3 Å². The highest BCUT2D eigenvalue weighted by molar-refractivity contribution is 5.95. The lowest BCUT2D eigenvalue weighted by molar-refractivity contribution is -0.510. The second-order valence-electron chi connectivity index (χ2n) is 4.10. The van der Waals surface area contributed by atoms with Crippen molar-refractivity contribution in [2.75, 3.05) is 6.79 Å². The first-order valence-electron chi connectivity index (χ1n) is 5.54. The number of fused-ring (bicyclic) bond motifs is 4. The summed E-state index contributed by atoms with van der Waals surface area (Å²) in [5.74, 6) is 1.66. The minimum Gasteiger partial charge on any atom is -1.00 e. The number of ether oxygens (including phenoxy) is 2. The summed E-state index contributed by atoms with van der Waals surface area (Å²) in [6.45, 7) is 0.316. The SMILES string of the molecule is [I-].c1cc[n+]2ccc3cc4c(cc3c2c1)OCO4. The van der Waals surface area contributed by atoms with Crippen LogP contribution in [0.5, 0.6) is 11.5 Å². The highest BCUT2D eigenvalue weighted by Crippen LogP contribution is 2.36. The second kappa shape index (κ2) is 4.28. The van der Waals surface area contributed by atoms with Crippen LogP contribution in [-0.4, -0.2) is 6.79 Å². The fraction of sp³-hybridized carbons (Fsp3) is 0.0714. The molecule has 0 bridgehead atoms. The molecule has 18 heavy (non-hydrogen) atoms. The average molecular weight is 351 g/mol. The average Bonchev–Trinajstić information content (AvgIpc) is 2.83. The van der Waals surface area contributed by atoms with Gasteiger partial charge in [-0.1, -0.05) is 0 Å². The minimum atomic E-state index is 0. The van der Waals surface area contributed by atoms with Gasteiger partial charge in [0.05, 0.1) is 5.39 Å². The molecule has 3 aromatic rings. The van der Waals surface area contributed by atoms with E-state index < -0.39 is 0 Å². The van der Waals surface area contributed by atoms with Crippen molar-refractivity contribution in [2.24, 2.45) is 0 Å². The van der Waals surface area contributed by atoms with Gasteiger partial charge in [-0.05, 0) is 23.6 Å². The van der Waals surface area contributed by atoms with Gasteiger partial charge in [-0.2, -0.15) is 4.40 Å². The van der Waals surface area contributed by atoms with Crippen molar-refractivity contribution < 1.29 is 37.9 Å². The Hall–Kier alpha value is -1.56. The third kappa shape index (κ3) is 1.59. The Kier molecular flexibility index (Phi) is 2.74. The van der Waals surface area contributed by atoms with Crippen molar-refractivity contribution in [1.29, 1.82) is 0 Å². The van der Waals surface area contributed by atoms with Gasteiger partial charge < -0.3 is 33.5 Å². The van der Waals surface area contributed by atoms with Crippen LogP contribution in [-0.2, 0) is 0 Å². The largest absolute Gasteiger partial charge is 1.00 e. The van der Waals surface area contributed by atoms with Crippen molar-refractivity contribution in [3.63, 3.8) is 0 Å². The summed E-state index contributed by atoms with van der Waals surface area (Å²) in [5, 5.41) is 2.35. The maximum absolute atomic E-state index is 5.42. The Morgan fingerprint density at radius 3 is 2.67 bits per heavy atom. The van der Waals surface area contributed by atoms with Gasteiger partial charge in [-0.15, -0.1) is 0 Å². The summed E-state index contributed by atoms with van der Waals surface area (Å²) in [7, 11) is 0. The number of rotatable bonds is 0. The number of hydrogen-bond donors (Lipinski definition) is 0. The van der Waals surface area contributed by atoms with Crippen LogP contribution in [0, 0.1) is 0 Å². The van der Waals surface area contributed by atoms with Crippen molar-refractivity contribution >= 4 is 16.3 Å². The summed E-state index contributed by atoms with van der Waals surface area (Å²) in [5.41, 5.74) is 1.17. The number of benzene rings is 1. The van der Waals surface area contributed by atoms with E-state index in [1.807, 2.05) is 30.5 Å². The van der Waals surface area contributed by atoms with Crippen molar-refractivity contribution in [3.8, 4) is 11.5 Å². The molecule has 2 aromatic heterocycles. The monoisotopic (exact) mass is 351 g/mol. The van der Waals surface area contributed by atoms with Crippen molar-refractivity contribution in [2.45, 2.75) is 0 Å². The van der Waals surface area contributed by atoms with Crippen LogP contribution < -0.4 is 37.9 Å². The smallest absolute Gasteiger partial charge is 0.231 e. The number of hydrogen-bond acceptors (Lipinski definition) is 2. The summed E-state index contributed by atoms with van der Waals surface area (Å²) in [6, 6.07) is 12.3. The number of aromatic nitrogens is 1. The molecule has 0 atom stereocenters. The third-order valence-electron chi connectivity index (χ3n) is 3.13. The normalized spacial score (nSPS) is 12.7. The van der Waals surface area contributed by atoms with E-state index in [4.69, 9.17) is 9.47 Å². The van der Waals surface area contributed by atoms with Crippen molar-refractivity contribution in [1.82, 2.24) is 0 Å². The van der Waals surface area contributed by atoms with E-state index in [9.17, 15) is 0 Å². The quantitative estimate of drug-likeness (QED) is 0.304. The predicted octanol–water partition coefficient (Wildman–Crippen LogP) is -0.689. The zero-order valence-corrected chi connectivity index (χ0v) is 11.6. The van der Waals surface area contributed by atoms with E-state index in [-0.39, 0.29) is 24.0 Å². The Labute approximate surface area is 121 Å². The molecule has 0 radical (unpaired) electrons. The zero-order chi connectivity index (χ0) is 11.2. The van der Waals surface area contributed by atoms with Gasteiger partial charge in [-0.3, -0.25) is 0 Å². The number of halogens is 1. The Balaban J connectivity index is 0.000001000. The maximum Gasteiger partial charge on any atom is 0.231 e. The first-order valence-corrected chi connectivity index (χ1v) is 5.54. The lowest BCUT2D eigenvalue weighted by atomic mass is 10.1. The first kappa shape index (κ1) is 11.5. The van der Waals surface area contributed by atoms with E-state index in [2.05, 4.69) is 22.7 Å². The molecule has 90 valence electrons. The molecule has 1 aliphatic heterocycles. The van der Waals surface area contributed by atoms with Crippen LogP contribution in [0.1, 0.15) is 0 Å². The molecule has 0 amide bonds. The molecule has 1 aromatic carbocycles. The molecule has 0 aliphatic carbocycles. The Morgan fingerprint density at radius 1 is 0.944 bits per heavy atom. The molecule has 0 fully saturated rings. The highest BCUT2D eigenvalue weighted by Gasteiger charge is 2.16. The lowest BCUT2D eigenvalue weighted by Gasteiger charge is -2.00. The molecule has 0 saturated heterocycles. The van der Waals surface area contributed by atoms with Gasteiger partial charge in [0.15, 0.2) is 23.9 Å². The third-order valence-corrected chi connectivity index (χ3v) is 3.13.